The highest BCUT2D eigenvalue weighted by Gasteiger charge is 2.20. The molecular formula is C24H27NO2. The number of fused-ring (bicyclic) bond motifs is 1. The van der Waals surface area contributed by atoms with Crippen LogP contribution in [0.4, 0.5) is 0 Å². The van der Waals surface area contributed by atoms with E-state index in [1.807, 2.05) is 62.4 Å². The molecule has 0 aromatic heterocycles. The van der Waals surface area contributed by atoms with E-state index in [1.165, 1.54) is 5.56 Å². The summed E-state index contributed by atoms with van der Waals surface area (Å²) in [5.41, 5.74) is 1.29. The summed E-state index contributed by atoms with van der Waals surface area (Å²) in [4.78, 5) is 12.6. The molecule has 27 heavy (non-hydrogen) atoms. The number of hydrogen-bond acceptors (Lipinski definition) is 2. The largest absolute Gasteiger partial charge is 0.481 e. The zero-order valence-corrected chi connectivity index (χ0v) is 16.0. The molecule has 1 amide bonds. The fourth-order valence-electron chi connectivity index (χ4n) is 3.16. The Labute approximate surface area is 161 Å². The van der Waals surface area contributed by atoms with Gasteiger partial charge in [0.05, 0.1) is 0 Å². The molecule has 0 heterocycles. The Balaban J connectivity index is 1.56. The van der Waals surface area contributed by atoms with E-state index < -0.39 is 6.10 Å². The van der Waals surface area contributed by atoms with E-state index in [9.17, 15) is 4.79 Å². The van der Waals surface area contributed by atoms with Gasteiger partial charge in [-0.05, 0) is 54.7 Å². The Kier molecular flexibility index (Phi) is 6.48. The Morgan fingerprint density at radius 2 is 1.67 bits per heavy atom. The first-order valence-electron chi connectivity index (χ1n) is 9.65. The van der Waals surface area contributed by atoms with E-state index in [0.717, 1.165) is 29.4 Å². The van der Waals surface area contributed by atoms with E-state index in [2.05, 4.69) is 29.6 Å². The predicted molar refractivity (Wildman–Crippen MR) is 111 cm³/mol. The van der Waals surface area contributed by atoms with Gasteiger partial charge >= 0.3 is 0 Å². The fraction of sp³-hybridized carbons (Fsp3) is 0.292. The number of carbonyl (C=O) groups excluding carboxylic acids is 1. The van der Waals surface area contributed by atoms with Crippen LogP contribution in [0.25, 0.3) is 10.8 Å². The highest BCUT2D eigenvalue weighted by Crippen LogP contribution is 2.22. The van der Waals surface area contributed by atoms with Gasteiger partial charge in [0.25, 0.3) is 5.91 Å². The quantitative estimate of drug-likeness (QED) is 0.604. The van der Waals surface area contributed by atoms with Crippen LogP contribution in [-0.4, -0.2) is 18.1 Å². The lowest BCUT2D eigenvalue weighted by Crippen LogP contribution is -2.42. The van der Waals surface area contributed by atoms with Gasteiger partial charge in [0.1, 0.15) is 5.75 Å². The Bertz CT molecular complexity index is 876. The second kappa shape index (κ2) is 9.22. The van der Waals surface area contributed by atoms with Crippen molar-refractivity contribution in [1.82, 2.24) is 5.32 Å². The highest BCUT2D eigenvalue weighted by atomic mass is 16.5. The minimum absolute atomic E-state index is 0.0498. The first-order valence-corrected chi connectivity index (χ1v) is 9.65. The van der Waals surface area contributed by atoms with Crippen LogP contribution < -0.4 is 10.1 Å². The van der Waals surface area contributed by atoms with Crippen LogP contribution in [0.1, 0.15) is 32.3 Å². The van der Waals surface area contributed by atoms with E-state index in [-0.39, 0.29) is 11.9 Å². The van der Waals surface area contributed by atoms with E-state index in [4.69, 9.17) is 4.74 Å². The molecule has 3 nitrogen and oxygen atoms in total. The molecule has 1 N–H and O–H groups in total. The van der Waals surface area contributed by atoms with Crippen molar-refractivity contribution in [3.05, 3.63) is 78.4 Å². The first kappa shape index (κ1) is 19.0. The fourth-order valence-corrected chi connectivity index (χ4v) is 3.16. The Morgan fingerprint density at radius 3 is 2.41 bits per heavy atom. The number of nitrogens with one attached hydrogen (secondary N) is 1. The first-order chi connectivity index (χ1) is 13.2. The second-order valence-corrected chi connectivity index (χ2v) is 6.96. The van der Waals surface area contributed by atoms with Crippen molar-refractivity contribution < 1.29 is 9.53 Å². The summed E-state index contributed by atoms with van der Waals surface area (Å²) < 4.78 is 5.99. The van der Waals surface area contributed by atoms with Crippen LogP contribution in [0, 0.1) is 0 Å². The molecule has 3 aromatic carbocycles. The smallest absolute Gasteiger partial charge is 0.261 e. The maximum absolute atomic E-state index is 12.6. The topological polar surface area (TPSA) is 38.3 Å². The molecule has 0 aliphatic carbocycles. The Morgan fingerprint density at radius 1 is 0.963 bits per heavy atom. The molecule has 0 aliphatic heterocycles. The molecule has 0 saturated carbocycles. The van der Waals surface area contributed by atoms with Gasteiger partial charge in [-0.3, -0.25) is 4.79 Å². The summed E-state index contributed by atoms with van der Waals surface area (Å²) in [6.07, 6.45) is 2.00. The normalized spacial score (nSPS) is 13.1. The Hall–Kier alpha value is -2.81. The van der Waals surface area contributed by atoms with Gasteiger partial charge in [-0.25, -0.2) is 0 Å². The third-order valence-corrected chi connectivity index (χ3v) is 4.76. The maximum atomic E-state index is 12.6. The summed E-state index contributed by atoms with van der Waals surface area (Å²) in [7, 11) is 0. The standard InChI is InChI=1S/C24H27NO2/c1-3-23(27-22-16-15-20-11-7-8-12-21(20)17-22)24(26)25-18(2)13-14-19-9-5-4-6-10-19/h4-12,15-18,23H,3,13-14H2,1-2H3,(H,25,26)/t18-,23-/m1/s1. The third-order valence-electron chi connectivity index (χ3n) is 4.76. The lowest BCUT2D eigenvalue weighted by molar-refractivity contribution is -0.128. The predicted octanol–water partition coefficient (Wildman–Crippen LogP) is 5.13. The minimum Gasteiger partial charge on any atom is -0.481 e. The van der Waals surface area contributed by atoms with Crippen molar-refractivity contribution in [2.75, 3.05) is 0 Å². The summed E-state index contributed by atoms with van der Waals surface area (Å²) in [6.45, 7) is 4.02. The number of hydrogen-bond donors (Lipinski definition) is 1. The average Bonchev–Trinajstić information content (AvgIpc) is 2.71. The van der Waals surface area contributed by atoms with Gasteiger partial charge in [-0.2, -0.15) is 0 Å². The molecule has 0 aliphatic rings. The monoisotopic (exact) mass is 361 g/mol. The molecule has 0 spiro atoms. The van der Waals surface area contributed by atoms with Crippen LogP contribution >= 0.6 is 0 Å². The molecule has 3 aromatic rings. The number of carbonyl (C=O) groups is 1. The van der Waals surface area contributed by atoms with Crippen LogP contribution in [0.15, 0.2) is 72.8 Å². The van der Waals surface area contributed by atoms with Crippen molar-refractivity contribution >= 4 is 16.7 Å². The molecule has 0 fully saturated rings. The molecule has 0 bridgehead atoms. The minimum atomic E-state index is -0.481. The van der Waals surface area contributed by atoms with Gasteiger partial charge in [-0.1, -0.05) is 67.6 Å². The van der Waals surface area contributed by atoms with E-state index >= 15 is 0 Å². The summed E-state index contributed by atoms with van der Waals surface area (Å²) >= 11 is 0. The van der Waals surface area contributed by atoms with Crippen molar-refractivity contribution in [3.8, 4) is 5.75 Å². The molecule has 140 valence electrons. The molecular weight excluding hydrogens is 334 g/mol. The molecule has 0 radical (unpaired) electrons. The van der Waals surface area contributed by atoms with Crippen molar-refractivity contribution in [2.24, 2.45) is 0 Å². The highest BCUT2D eigenvalue weighted by molar-refractivity contribution is 5.84. The number of aryl methyl sites for hydroxylation is 1. The molecule has 0 saturated heterocycles. The number of amides is 1. The lowest BCUT2D eigenvalue weighted by Gasteiger charge is -2.21. The van der Waals surface area contributed by atoms with Gasteiger partial charge in [0.2, 0.25) is 0 Å². The van der Waals surface area contributed by atoms with Crippen molar-refractivity contribution in [1.29, 1.82) is 0 Å². The van der Waals surface area contributed by atoms with Crippen LogP contribution in [0.2, 0.25) is 0 Å². The summed E-state index contributed by atoms with van der Waals surface area (Å²) in [5.74, 6) is 0.679. The number of benzene rings is 3. The van der Waals surface area contributed by atoms with Crippen LogP contribution in [0.3, 0.4) is 0 Å². The SMILES string of the molecule is CC[C@@H](Oc1ccc2ccccc2c1)C(=O)N[C@H](C)CCc1ccccc1. The van der Waals surface area contributed by atoms with Crippen LogP contribution in [-0.2, 0) is 11.2 Å². The van der Waals surface area contributed by atoms with Crippen LogP contribution in [0.5, 0.6) is 5.75 Å². The van der Waals surface area contributed by atoms with Gasteiger partial charge in [0.15, 0.2) is 6.10 Å². The zero-order valence-electron chi connectivity index (χ0n) is 16.0. The lowest BCUT2D eigenvalue weighted by atomic mass is 10.1. The van der Waals surface area contributed by atoms with Gasteiger partial charge in [-0.15, -0.1) is 0 Å². The molecule has 3 rings (SSSR count). The third kappa shape index (κ3) is 5.33. The average molecular weight is 361 g/mol. The van der Waals surface area contributed by atoms with E-state index in [1.54, 1.807) is 0 Å². The maximum Gasteiger partial charge on any atom is 0.261 e. The molecule has 2 atom stereocenters. The van der Waals surface area contributed by atoms with Crippen molar-refractivity contribution in [2.45, 2.75) is 45.3 Å². The van der Waals surface area contributed by atoms with Gasteiger partial charge in [0, 0.05) is 6.04 Å². The zero-order chi connectivity index (χ0) is 19.1. The second-order valence-electron chi connectivity index (χ2n) is 6.96. The number of rotatable bonds is 8. The van der Waals surface area contributed by atoms with Crippen molar-refractivity contribution in [3.63, 3.8) is 0 Å². The molecule has 3 heteroatoms. The summed E-state index contributed by atoms with van der Waals surface area (Å²) in [5, 5.41) is 5.37. The number of ether oxygens (including phenoxy) is 1. The van der Waals surface area contributed by atoms with E-state index in [0.29, 0.717) is 6.42 Å². The molecule has 0 unspecified atom stereocenters. The van der Waals surface area contributed by atoms with Gasteiger partial charge < -0.3 is 10.1 Å². The summed E-state index contributed by atoms with van der Waals surface area (Å²) in [6, 6.07) is 24.5.